The summed E-state index contributed by atoms with van der Waals surface area (Å²) in [5, 5.41) is 0.957. The Morgan fingerprint density at radius 3 is 2.47 bits per heavy atom. The standard InChI is InChI=1S/C25H19N3O2/c1-2-14-30-25-24(20(12-13-29)19-15-26-17-27-16-19)23(18-8-4-3-5-9-18)21-10-6-7-11-22(21)28-25/h2-13,15-17H,1,14H2/b20-12+. The lowest BCUT2D eigenvalue weighted by Crippen LogP contribution is -2.04. The van der Waals surface area contributed by atoms with Crippen molar-refractivity contribution in [3.8, 4) is 17.0 Å². The molecule has 5 heteroatoms. The molecule has 4 rings (SSSR count). The average molecular weight is 393 g/mol. The molecule has 0 aliphatic carbocycles. The van der Waals surface area contributed by atoms with Gasteiger partial charge in [0, 0.05) is 34.5 Å². The van der Waals surface area contributed by atoms with E-state index >= 15 is 0 Å². The summed E-state index contributed by atoms with van der Waals surface area (Å²) >= 11 is 0. The number of hydrogen-bond donors (Lipinski definition) is 0. The summed E-state index contributed by atoms with van der Waals surface area (Å²) in [6.07, 6.45) is 8.71. The molecular formula is C25H19N3O2. The van der Waals surface area contributed by atoms with Crippen molar-refractivity contribution in [2.45, 2.75) is 0 Å². The van der Waals surface area contributed by atoms with Crippen molar-refractivity contribution in [2.75, 3.05) is 6.61 Å². The molecule has 30 heavy (non-hydrogen) atoms. The first-order chi connectivity index (χ1) is 14.8. The van der Waals surface area contributed by atoms with Crippen molar-refractivity contribution in [3.63, 3.8) is 0 Å². The second-order valence-corrected chi connectivity index (χ2v) is 6.49. The van der Waals surface area contributed by atoms with Gasteiger partial charge in [-0.3, -0.25) is 4.79 Å². The number of pyridine rings is 1. The van der Waals surface area contributed by atoms with Gasteiger partial charge in [-0.05, 0) is 17.7 Å². The highest BCUT2D eigenvalue weighted by Gasteiger charge is 2.22. The fourth-order valence-electron chi connectivity index (χ4n) is 3.42. The quantitative estimate of drug-likeness (QED) is 0.254. The van der Waals surface area contributed by atoms with Gasteiger partial charge in [0.1, 0.15) is 19.2 Å². The maximum Gasteiger partial charge on any atom is 0.222 e. The number of aromatic nitrogens is 3. The van der Waals surface area contributed by atoms with E-state index in [-0.39, 0.29) is 6.61 Å². The minimum absolute atomic E-state index is 0.284. The van der Waals surface area contributed by atoms with Crippen LogP contribution in [0.25, 0.3) is 27.6 Å². The fraction of sp³-hybridized carbons (Fsp3) is 0.0400. The third kappa shape index (κ3) is 3.73. The van der Waals surface area contributed by atoms with Crippen LogP contribution in [0.2, 0.25) is 0 Å². The molecule has 0 saturated carbocycles. The Bertz CT molecular complexity index is 1220. The zero-order valence-electron chi connectivity index (χ0n) is 16.2. The van der Waals surface area contributed by atoms with Crippen LogP contribution in [0.5, 0.6) is 5.88 Å². The summed E-state index contributed by atoms with van der Waals surface area (Å²) in [7, 11) is 0. The highest BCUT2D eigenvalue weighted by atomic mass is 16.5. The predicted octanol–water partition coefficient (Wildman–Crippen LogP) is 4.89. The molecule has 0 radical (unpaired) electrons. The van der Waals surface area contributed by atoms with Crippen LogP contribution in [-0.4, -0.2) is 27.8 Å². The lowest BCUT2D eigenvalue weighted by atomic mass is 9.89. The second-order valence-electron chi connectivity index (χ2n) is 6.49. The first kappa shape index (κ1) is 19.2. The van der Waals surface area contributed by atoms with E-state index in [4.69, 9.17) is 9.72 Å². The molecule has 5 nitrogen and oxygen atoms in total. The van der Waals surface area contributed by atoms with Gasteiger partial charge in [0.25, 0.3) is 0 Å². The first-order valence-corrected chi connectivity index (χ1v) is 9.46. The van der Waals surface area contributed by atoms with Crippen molar-refractivity contribution in [1.29, 1.82) is 0 Å². The van der Waals surface area contributed by atoms with Crippen molar-refractivity contribution in [1.82, 2.24) is 15.0 Å². The predicted molar refractivity (Wildman–Crippen MR) is 118 cm³/mol. The van der Waals surface area contributed by atoms with E-state index in [9.17, 15) is 4.79 Å². The topological polar surface area (TPSA) is 65.0 Å². The maximum atomic E-state index is 11.6. The zero-order valence-corrected chi connectivity index (χ0v) is 16.2. The van der Waals surface area contributed by atoms with E-state index in [1.807, 2.05) is 54.6 Å². The molecule has 0 aliphatic rings. The number of nitrogens with zero attached hydrogens (tertiary/aromatic N) is 3. The SMILES string of the molecule is C=CCOc1nc2ccccc2c(-c2ccccc2)c1/C(=C/C=O)c1cncnc1. The number of carbonyl (C=O) groups is 1. The van der Waals surface area contributed by atoms with E-state index in [1.54, 1.807) is 18.5 Å². The summed E-state index contributed by atoms with van der Waals surface area (Å²) in [6, 6.07) is 17.9. The third-order valence-electron chi connectivity index (χ3n) is 4.64. The second kappa shape index (κ2) is 8.92. The molecule has 0 unspecified atom stereocenters. The molecule has 0 spiro atoms. The summed E-state index contributed by atoms with van der Waals surface area (Å²) in [5.41, 5.74) is 4.77. The molecule has 0 atom stereocenters. The Kier molecular flexibility index (Phi) is 5.71. The maximum absolute atomic E-state index is 11.6. The van der Waals surface area contributed by atoms with E-state index < -0.39 is 0 Å². The van der Waals surface area contributed by atoms with Crippen molar-refractivity contribution in [2.24, 2.45) is 0 Å². The Balaban J connectivity index is 2.13. The van der Waals surface area contributed by atoms with Gasteiger partial charge in [0.2, 0.25) is 5.88 Å². The highest BCUT2D eigenvalue weighted by molar-refractivity contribution is 6.05. The summed E-state index contributed by atoms with van der Waals surface area (Å²) in [6.45, 7) is 4.03. The van der Waals surface area contributed by atoms with Crippen LogP contribution in [0.4, 0.5) is 0 Å². The van der Waals surface area contributed by atoms with E-state index in [1.165, 1.54) is 12.4 Å². The fourth-order valence-corrected chi connectivity index (χ4v) is 3.42. The monoisotopic (exact) mass is 393 g/mol. The van der Waals surface area contributed by atoms with Crippen LogP contribution < -0.4 is 4.74 Å². The minimum Gasteiger partial charge on any atom is -0.473 e. The van der Waals surface area contributed by atoms with Gasteiger partial charge in [-0.1, -0.05) is 61.2 Å². The smallest absolute Gasteiger partial charge is 0.222 e. The first-order valence-electron chi connectivity index (χ1n) is 9.46. The number of aldehydes is 1. The van der Waals surface area contributed by atoms with Crippen LogP contribution in [0, 0.1) is 0 Å². The van der Waals surface area contributed by atoms with Gasteiger partial charge in [0.05, 0.1) is 11.1 Å². The highest BCUT2D eigenvalue weighted by Crippen LogP contribution is 2.42. The number of hydrogen-bond acceptors (Lipinski definition) is 5. The Labute approximate surface area is 174 Å². The van der Waals surface area contributed by atoms with Gasteiger partial charge in [-0.25, -0.2) is 15.0 Å². The lowest BCUT2D eigenvalue weighted by molar-refractivity contribution is -0.104. The van der Waals surface area contributed by atoms with Gasteiger partial charge in [-0.15, -0.1) is 0 Å². The number of para-hydroxylation sites is 1. The van der Waals surface area contributed by atoms with Crippen LogP contribution in [0.1, 0.15) is 11.1 Å². The zero-order chi connectivity index (χ0) is 20.8. The molecule has 2 aromatic carbocycles. The van der Waals surface area contributed by atoms with Gasteiger partial charge in [0.15, 0.2) is 0 Å². The van der Waals surface area contributed by atoms with Crippen LogP contribution >= 0.6 is 0 Å². The number of carbonyl (C=O) groups excluding carboxylic acids is 1. The molecule has 4 aromatic rings. The minimum atomic E-state index is 0.284. The van der Waals surface area contributed by atoms with Gasteiger partial charge >= 0.3 is 0 Å². The molecule has 2 aromatic heterocycles. The van der Waals surface area contributed by atoms with Crippen molar-refractivity contribution in [3.05, 3.63) is 103 Å². The van der Waals surface area contributed by atoms with Crippen molar-refractivity contribution < 1.29 is 9.53 Å². The molecule has 0 bridgehead atoms. The van der Waals surface area contributed by atoms with Crippen molar-refractivity contribution >= 4 is 22.8 Å². The molecular weight excluding hydrogens is 374 g/mol. The summed E-state index contributed by atoms with van der Waals surface area (Å²) in [4.78, 5) is 24.6. The molecule has 0 fully saturated rings. The summed E-state index contributed by atoms with van der Waals surface area (Å²) in [5.74, 6) is 0.421. The third-order valence-corrected chi connectivity index (χ3v) is 4.64. The van der Waals surface area contributed by atoms with Crippen LogP contribution in [0.15, 0.2) is 92.0 Å². The number of fused-ring (bicyclic) bond motifs is 1. The largest absolute Gasteiger partial charge is 0.473 e. The van der Waals surface area contributed by atoms with Crippen LogP contribution in [-0.2, 0) is 4.79 Å². The molecule has 0 N–H and O–H groups in total. The lowest BCUT2D eigenvalue weighted by Gasteiger charge is -2.19. The van der Waals surface area contributed by atoms with Crippen LogP contribution in [0.3, 0.4) is 0 Å². The molecule has 0 saturated heterocycles. The number of allylic oxidation sites excluding steroid dienone is 1. The van der Waals surface area contributed by atoms with E-state index in [2.05, 4.69) is 16.5 Å². The molecule has 2 heterocycles. The number of benzene rings is 2. The molecule has 146 valence electrons. The molecule has 0 amide bonds. The number of ether oxygens (including phenoxy) is 1. The van der Waals surface area contributed by atoms with Gasteiger partial charge in [-0.2, -0.15) is 0 Å². The average Bonchev–Trinajstić information content (AvgIpc) is 2.81. The normalized spacial score (nSPS) is 11.3. The Hall–Kier alpha value is -4.12. The summed E-state index contributed by atoms with van der Waals surface area (Å²) < 4.78 is 5.98. The van der Waals surface area contributed by atoms with E-state index in [0.29, 0.717) is 22.6 Å². The molecule has 0 aliphatic heterocycles. The Morgan fingerprint density at radius 1 is 1.00 bits per heavy atom. The number of rotatable bonds is 7. The Morgan fingerprint density at radius 2 is 1.73 bits per heavy atom. The van der Waals surface area contributed by atoms with E-state index in [0.717, 1.165) is 28.3 Å². The van der Waals surface area contributed by atoms with Gasteiger partial charge < -0.3 is 4.74 Å².